The molecule has 1 aromatic heterocycles. The first-order valence-corrected chi connectivity index (χ1v) is 9.66. The summed E-state index contributed by atoms with van der Waals surface area (Å²) in [5, 5.41) is 0.509. The molecule has 7 nitrogen and oxygen atoms in total. The highest BCUT2D eigenvalue weighted by Gasteiger charge is 2.20. The van der Waals surface area contributed by atoms with E-state index >= 15 is 0 Å². The smallest absolute Gasteiger partial charge is 0.264 e. The van der Waals surface area contributed by atoms with Crippen LogP contribution in [0, 0.1) is 3.57 Å². The molecule has 0 fully saturated rings. The fraction of sp³-hybridized carbons (Fsp3) is 0.125. The van der Waals surface area contributed by atoms with Gasteiger partial charge in [-0.05, 0) is 40.8 Å². The Morgan fingerprint density at radius 3 is 2.40 bits per heavy atom. The number of anilines is 1. The third kappa shape index (κ3) is 3.47. The summed E-state index contributed by atoms with van der Waals surface area (Å²) in [7, 11) is -0.767. The van der Waals surface area contributed by atoms with E-state index in [9.17, 15) is 8.42 Å². The van der Waals surface area contributed by atoms with Crippen LogP contribution in [0.25, 0.3) is 10.9 Å². The quantitative estimate of drug-likeness (QED) is 0.576. The third-order valence-electron chi connectivity index (χ3n) is 3.50. The first-order chi connectivity index (χ1) is 12.0. The van der Waals surface area contributed by atoms with E-state index < -0.39 is 10.0 Å². The summed E-state index contributed by atoms with van der Waals surface area (Å²) in [6.45, 7) is 0. The van der Waals surface area contributed by atoms with Gasteiger partial charge in [0.2, 0.25) is 0 Å². The topological polar surface area (TPSA) is 90.4 Å². The zero-order valence-corrected chi connectivity index (χ0v) is 16.3. The Morgan fingerprint density at radius 2 is 1.72 bits per heavy atom. The number of nitrogens with zero attached hydrogens (tertiary/aromatic N) is 2. The van der Waals surface area contributed by atoms with E-state index in [2.05, 4.69) is 14.7 Å². The first kappa shape index (κ1) is 17.7. The zero-order chi connectivity index (χ0) is 18.0. The average molecular weight is 471 g/mol. The zero-order valence-electron chi connectivity index (χ0n) is 13.4. The normalized spacial score (nSPS) is 11.3. The molecule has 0 aliphatic carbocycles. The monoisotopic (exact) mass is 471 g/mol. The number of aromatic nitrogens is 2. The molecule has 0 amide bonds. The second-order valence-corrected chi connectivity index (χ2v) is 7.80. The van der Waals surface area contributed by atoms with E-state index in [1.807, 2.05) is 22.6 Å². The van der Waals surface area contributed by atoms with Crippen LogP contribution in [0.1, 0.15) is 0 Å². The Bertz CT molecular complexity index is 1040. The predicted molar refractivity (Wildman–Crippen MR) is 103 cm³/mol. The van der Waals surface area contributed by atoms with Gasteiger partial charge in [-0.3, -0.25) is 4.72 Å². The van der Waals surface area contributed by atoms with Crippen LogP contribution in [0.4, 0.5) is 5.82 Å². The van der Waals surface area contributed by atoms with Gasteiger partial charge in [0.1, 0.15) is 11.2 Å². The molecule has 0 radical (unpaired) electrons. The number of rotatable bonds is 5. The number of hydrogen-bond acceptors (Lipinski definition) is 6. The van der Waals surface area contributed by atoms with Gasteiger partial charge in [-0.2, -0.15) is 0 Å². The van der Waals surface area contributed by atoms with Gasteiger partial charge < -0.3 is 9.47 Å². The number of benzene rings is 2. The molecule has 25 heavy (non-hydrogen) atoms. The van der Waals surface area contributed by atoms with Crippen molar-refractivity contribution in [1.29, 1.82) is 0 Å². The number of halogens is 1. The second-order valence-electron chi connectivity index (χ2n) is 4.98. The van der Waals surface area contributed by atoms with Crippen molar-refractivity contribution in [1.82, 2.24) is 9.97 Å². The van der Waals surface area contributed by atoms with E-state index in [0.29, 0.717) is 26.0 Å². The number of methoxy groups -OCH3 is 2. The number of ether oxygens (including phenoxy) is 2. The number of hydrogen-bond donors (Lipinski definition) is 1. The number of sulfonamides is 1. The summed E-state index contributed by atoms with van der Waals surface area (Å²) < 4.78 is 39.1. The van der Waals surface area contributed by atoms with Crippen LogP contribution >= 0.6 is 22.6 Å². The van der Waals surface area contributed by atoms with Crippen LogP contribution < -0.4 is 14.2 Å². The standard InChI is InChI=1S/C16H14IN3O4S/c1-23-13-7-10-12(8-14(13)24-2)18-9-19-16(10)20-25(21,22)15-6-4-3-5-11(15)17/h3-9H,1-2H3,(H,18,19,20). The van der Waals surface area contributed by atoms with Gasteiger partial charge in [0.15, 0.2) is 17.3 Å². The summed E-state index contributed by atoms with van der Waals surface area (Å²) in [5.41, 5.74) is 0.535. The van der Waals surface area contributed by atoms with Gasteiger partial charge in [0.25, 0.3) is 10.0 Å². The van der Waals surface area contributed by atoms with E-state index in [1.54, 1.807) is 30.3 Å². The van der Waals surface area contributed by atoms with Crippen LogP contribution in [0.5, 0.6) is 11.5 Å². The molecule has 3 aromatic rings. The minimum absolute atomic E-state index is 0.172. The molecule has 0 atom stereocenters. The fourth-order valence-corrected chi connectivity index (χ4v) is 4.68. The van der Waals surface area contributed by atoms with E-state index in [0.717, 1.165) is 0 Å². The Labute approximate surface area is 158 Å². The predicted octanol–water partition coefficient (Wildman–Crippen LogP) is 3.05. The maximum Gasteiger partial charge on any atom is 0.264 e. The van der Waals surface area contributed by atoms with Crippen molar-refractivity contribution in [2.75, 3.05) is 18.9 Å². The summed E-state index contributed by atoms with van der Waals surface area (Å²) >= 11 is 1.98. The van der Waals surface area contributed by atoms with Crippen molar-refractivity contribution in [3.8, 4) is 11.5 Å². The Kier molecular flexibility index (Phi) is 4.95. The molecule has 9 heteroatoms. The molecule has 130 valence electrons. The maximum absolute atomic E-state index is 12.7. The van der Waals surface area contributed by atoms with Crippen molar-refractivity contribution >= 4 is 49.3 Å². The van der Waals surface area contributed by atoms with Crippen molar-refractivity contribution in [3.63, 3.8) is 0 Å². The van der Waals surface area contributed by atoms with Gasteiger partial charge in [-0.15, -0.1) is 0 Å². The van der Waals surface area contributed by atoms with Crippen LogP contribution in [0.15, 0.2) is 47.6 Å². The summed E-state index contributed by atoms with van der Waals surface area (Å²) in [6.07, 6.45) is 1.29. The molecule has 1 N–H and O–H groups in total. The summed E-state index contributed by atoms with van der Waals surface area (Å²) in [4.78, 5) is 8.42. The molecule has 0 aliphatic heterocycles. The molecule has 2 aromatic carbocycles. The second kappa shape index (κ2) is 7.00. The molecule has 3 rings (SSSR count). The van der Waals surface area contributed by atoms with Crippen LogP contribution in [-0.2, 0) is 10.0 Å². The number of fused-ring (bicyclic) bond motifs is 1. The van der Waals surface area contributed by atoms with Gasteiger partial charge >= 0.3 is 0 Å². The van der Waals surface area contributed by atoms with Crippen LogP contribution in [0.2, 0.25) is 0 Å². The lowest BCUT2D eigenvalue weighted by molar-refractivity contribution is 0.356. The minimum Gasteiger partial charge on any atom is -0.493 e. The maximum atomic E-state index is 12.7. The van der Waals surface area contributed by atoms with E-state index in [-0.39, 0.29) is 10.7 Å². The van der Waals surface area contributed by atoms with Crippen molar-refractivity contribution < 1.29 is 17.9 Å². The van der Waals surface area contributed by atoms with Gasteiger partial charge in [0.05, 0.1) is 19.7 Å². The summed E-state index contributed by atoms with van der Waals surface area (Å²) in [5.74, 6) is 1.13. The molecule has 0 spiro atoms. The molecular weight excluding hydrogens is 457 g/mol. The van der Waals surface area contributed by atoms with E-state index in [1.165, 1.54) is 26.6 Å². The van der Waals surface area contributed by atoms with Crippen molar-refractivity contribution in [2.45, 2.75) is 4.90 Å². The molecular formula is C16H14IN3O4S. The van der Waals surface area contributed by atoms with Gasteiger partial charge in [-0.1, -0.05) is 12.1 Å². The highest BCUT2D eigenvalue weighted by molar-refractivity contribution is 14.1. The molecule has 0 bridgehead atoms. The SMILES string of the molecule is COc1cc2ncnc(NS(=O)(=O)c3ccccc3I)c2cc1OC. The molecule has 1 heterocycles. The fourth-order valence-electron chi connectivity index (χ4n) is 2.31. The molecule has 0 saturated heterocycles. The lowest BCUT2D eigenvalue weighted by atomic mass is 10.2. The highest BCUT2D eigenvalue weighted by Crippen LogP contribution is 2.34. The molecule has 0 unspecified atom stereocenters. The highest BCUT2D eigenvalue weighted by atomic mass is 127. The van der Waals surface area contributed by atoms with Crippen molar-refractivity contribution in [2.24, 2.45) is 0 Å². The van der Waals surface area contributed by atoms with Crippen molar-refractivity contribution in [3.05, 3.63) is 46.3 Å². The van der Waals surface area contributed by atoms with E-state index in [4.69, 9.17) is 9.47 Å². The Hall–Kier alpha value is -2.14. The van der Waals surface area contributed by atoms with Gasteiger partial charge in [0, 0.05) is 15.0 Å². The first-order valence-electron chi connectivity index (χ1n) is 7.10. The van der Waals surface area contributed by atoms with Gasteiger partial charge in [-0.25, -0.2) is 18.4 Å². The minimum atomic E-state index is -3.79. The van der Waals surface area contributed by atoms with Crippen LogP contribution in [-0.4, -0.2) is 32.6 Å². The van der Waals surface area contributed by atoms with Crippen LogP contribution in [0.3, 0.4) is 0 Å². The molecule has 0 aliphatic rings. The average Bonchev–Trinajstić information content (AvgIpc) is 2.60. The lowest BCUT2D eigenvalue weighted by Crippen LogP contribution is -2.15. The third-order valence-corrected chi connectivity index (χ3v) is 6.20. The lowest BCUT2D eigenvalue weighted by Gasteiger charge is -2.13. The largest absolute Gasteiger partial charge is 0.493 e. The Balaban J connectivity index is 2.12. The Morgan fingerprint density at radius 1 is 1.04 bits per heavy atom. The molecule has 0 saturated carbocycles. The number of nitrogens with one attached hydrogen (secondary N) is 1. The summed E-state index contributed by atoms with van der Waals surface area (Å²) in [6, 6.07) is 10.0.